The first kappa shape index (κ1) is 29.1. The molecule has 0 fully saturated rings. The lowest BCUT2D eigenvalue weighted by Crippen LogP contribution is -2.33. The Bertz CT molecular complexity index is 1520. The maximum Gasteiger partial charge on any atom is 0.436 e. The molecular weight excluding hydrogens is 608 g/mol. The lowest BCUT2D eigenvalue weighted by molar-refractivity contribution is -0.142. The summed E-state index contributed by atoms with van der Waals surface area (Å²) in [4.78, 5) is 29.0. The summed E-state index contributed by atoms with van der Waals surface area (Å²) in [5.74, 6) is -3.35. The number of carbonyl (C=O) groups is 2. The van der Waals surface area contributed by atoms with Crippen molar-refractivity contribution < 1.29 is 35.9 Å². The average Bonchev–Trinajstić information content (AvgIpc) is 3.23. The Morgan fingerprint density at radius 3 is 2.62 bits per heavy atom. The number of hydrogen-bond donors (Lipinski definition) is 2. The molecule has 0 spiro atoms. The second-order valence-corrected chi connectivity index (χ2v) is 9.75. The highest BCUT2D eigenvalue weighted by Gasteiger charge is 2.37. The van der Waals surface area contributed by atoms with Crippen molar-refractivity contribution in [1.29, 1.82) is 0 Å². The average molecular weight is 628 g/mol. The predicted molar refractivity (Wildman–Crippen MR) is 135 cm³/mol. The molecule has 7 nitrogen and oxygen atoms in total. The number of primary amides is 1. The number of alkyl halides is 4. The van der Waals surface area contributed by atoms with E-state index in [1.54, 1.807) is 12.1 Å². The summed E-state index contributed by atoms with van der Waals surface area (Å²) in [6.45, 7) is -0.620. The van der Waals surface area contributed by atoms with E-state index in [0.29, 0.717) is 11.1 Å². The van der Waals surface area contributed by atoms with Crippen molar-refractivity contribution in [2.24, 2.45) is 5.73 Å². The van der Waals surface area contributed by atoms with E-state index in [9.17, 15) is 35.9 Å². The molecule has 1 aliphatic carbocycles. The molecule has 1 aromatic carbocycles. The van der Waals surface area contributed by atoms with Crippen LogP contribution in [0.4, 0.5) is 26.3 Å². The van der Waals surface area contributed by atoms with Gasteiger partial charge in [-0.25, -0.2) is 13.2 Å². The maximum atomic E-state index is 14.1. The van der Waals surface area contributed by atoms with E-state index in [1.165, 1.54) is 24.4 Å². The van der Waals surface area contributed by atoms with Gasteiger partial charge in [0.25, 0.3) is 5.91 Å². The smallest absolute Gasteiger partial charge is 0.366 e. The molecule has 0 bridgehead atoms. The summed E-state index contributed by atoms with van der Waals surface area (Å²) < 4.78 is 82.0. The fourth-order valence-electron chi connectivity index (χ4n) is 4.24. The third-order valence-corrected chi connectivity index (χ3v) is 6.48. The van der Waals surface area contributed by atoms with E-state index in [-0.39, 0.29) is 22.2 Å². The van der Waals surface area contributed by atoms with Gasteiger partial charge >= 0.3 is 6.18 Å². The Labute approximate surface area is 231 Å². The zero-order chi connectivity index (χ0) is 29.2. The molecule has 1 aliphatic rings. The molecule has 4 rings (SSSR count). The quantitative estimate of drug-likeness (QED) is 0.311. The van der Waals surface area contributed by atoms with Gasteiger partial charge in [-0.3, -0.25) is 19.3 Å². The molecule has 3 N–H and O–H groups in total. The molecule has 2 atom stereocenters. The third kappa shape index (κ3) is 6.79. The van der Waals surface area contributed by atoms with Crippen LogP contribution in [-0.4, -0.2) is 32.8 Å². The number of aromatic nitrogens is 3. The first-order chi connectivity index (χ1) is 18.8. The number of amides is 2. The van der Waals surface area contributed by atoms with Crippen LogP contribution in [0.2, 0.25) is 0 Å². The summed E-state index contributed by atoms with van der Waals surface area (Å²) >= 11 is 2.77. The summed E-state index contributed by atoms with van der Waals surface area (Å²) in [6, 6.07) is 5.66. The Morgan fingerprint density at radius 1 is 1.23 bits per heavy atom. The number of benzene rings is 1. The SMILES string of the molecule is NC(=O)c1cc(-c2cccnc2[C@H](CC2=CC(F)CC(F)=C2)NC(=O)Cn2cc(Br)c(C(F)(F)F)n2)ccc1F. The standard InChI is InChI=1S/C26H20BrF6N5O2/c27-19-11-38(37-24(19)26(31,32)33)12-22(39)36-21(8-13-6-15(28)10-16(29)7-13)23-17(2-1-5-35-23)14-3-4-20(30)18(9-14)25(34)40/h1-7,9,11,15,21H,8,10,12H2,(H2,34,40)(H,36,39)/t15?,21-/m0/s1. The van der Waals surface area contributed by atoms with Crippen LogP contribution in [0.25, 0.3) is 11.1 Å². The Hall–Kier alpha value is -3.94. The number of nitrogens with one attached hydrogen (secondary N) is 1. The summed E-state index contributed by atoms with van der Waals surface area (Å²) in [7, 11) is 0. The van der Waals surface area contributed by atoms with Gasteiger partial charge in [-0.1, -0.05) is 12.1 Å². The molecule has 0 saturated carbocycles. The number of hydrogen-bond acceptors (Lipinski definition) is 4. The van der Waals surface area contributed by atoms with Crippen molar-refractivity contribution in [1.82, 2.24) is 20.1 Å². The fraction of sp³-hybridized carbons (Fsp3) is 0.231. The van der Waals surface area contributed by atoms with Crippen LogP contribution < -0.4 is 11.1 Å². The van der Waals surface area contributed by atoms with Crippen molar-refractivity contribution in [3.63, 3.8) is 0 Å². The highest BCUT2D eigenvalue weighted by Crippen LogP contribution is 2.35. The monoisotopic (exact) mass is 627 g/mol. The first-order valence-corrected chi connectivity index (χ1v) is 12.5. The summed E-state index contributed by atoms with van der Waals surface area (Å²) in [5, 5.41) is 6.05. The van der Waals surface area contributed by atoms with E-state index in [4.69, 9.17) is 5.73 Å². The maximum absolute atomic E-state index is 14.1. The minimum absolute atomic E-state index is 0.149. The van der Waals surface area contributed by atoms with Gasteiger partial charge in [0, 0.05) is 24.4 Å². The highest BCUT2D eigenvalue weighted by molar-refractivity contribution is 9.10. The number of nitrogens with two attached hydrogens (primary N) is 1. The van der Waals surface area contributed by atoms with Crippen molar-refractivity contribution in [3.05, 3.63) is 93.5 Å². The minimum atomic E-state index is -4.75. The van der Waals surface area contributed by atoms with Crippen LogP contribution >= 0.6 is 15.9 Å². The molecule has 2 heterocycles. The zero-order valence-electron chi connectivity index (χ0n) is 20.4. The third-order valence-electron chi connectivity index (χ3n) is 5.90. The van der Waals surface area contributed by atoms with Crippen molar-refractivity contribution in [2.75, 3.05) is 0 Å². The highest BCUT2D eigenvalue weighted by atomic mass is 79.9. The molecule has 0 saturated heterocycles. The second-order valence-electron chi connectivity index (χ2n) is 8.89. The van der Waals surface area contributed by atoms with E-state index < -0.39 is 66.1 Å². The predicted octanol–water partition coefficient (Wildman–Crippen LogP) is 5.73. The van der Waals surface area contributed by atoms with Gasteiger partial charge in [-0.05, 0) is 63.8 Å². The minimum Gasteiger partial charge on any atom is -0.366 e. The van der Waals surface area contributed by atoms with Crippen molar-refractivity contribution in [3.8, 4) is 11.1 Å². The van der Waals surface area contributed by atoms with Gasteiger partial charge in [-0.15, -0.1) is 0 Å². The van der Waals surface area contributed by atoms with Crippen LogP contribution in [0, 0.1) is 5.82 Å². The molecule has 2 aromatic heterocycles. The lowest BCUT2D eigenvalue weighted by atomic mass is 9.92. The molecule has 0 aliphatic heterocycles. The van der Waals surface area contributed by atoms with Gasteiger partial charge in [0.2, 0.25) is 5.91 Å². The first-order valence-electron chi connectivity index (χ1n) is 11.7. The summed E-state index contributed by atoms with van der Waals surface area (Å²) in [6.07, 6.45) is -2.24. The Morgan fingerprint density at radius 2 is 1.98 bits per heavy atom. The van der Waals surface area contributed by atoms with Crippen LogP contribution in [0.15, 0.2) is 70.8 Å². The topological polar surface area (TPSA) is 103 Å². The number of rotatable bonds is 8. The van der Waals surface area contributed by atoms with Crippen molar-refractivity contribution >= 4 is 27.7 Å². The normalized spacial score (nSPS) is 16.2. The molecule has 40 heavy (non-hydrogen) atoms. The number of nitrogens with zero attached hydrogens (tertiary/aromatic N) is 3. The molecule has 0 radical (unpaired) electrons. The van der Waals surface area contributed by atoms with Gasteiger partial charge in [-0.2, -0.15) is 18.3 Å². The number of pyridine rings is 1. The molecule has 3 aromatic rings. The Kier molecular flexibility index (Phi) is 8.47. The molecule has 14 heteroatoms. The molecule has 210 valence electrons. The van der Waals surface area contributed by atoms with Gasteiger partial charge in [0.1, 0.15) is 24.4 Å². The van der Waals surface area contributed by atoms with Gasteiger partial charge < -0.3 is 11.1 Å². The van der Waals surface area contributed by atoms with Crippen LogP contribution in [0.1, 0.15) is 40.6 Å². The Balaban J connectivity index is 1.71. The molecule has 2 amide bonds. The van der Waals surface area contributed by atoms with E-state index >= 15 is 0 Å². The van der Waals surface area contributed by atoms with Crippen LogP contribution in [0.5, 0.6) is 0 Å². The zero-order valence-corrected chi connectivity index (χ0v) is 21.9. The number of carbonyl (C=O) groups excluding carboxylic acids is 2. The van der Waals surface area contributed by atoms with E-state index in [2.05, 4.69) is 31.3 Å². The van der Waals surface area contributed by atoms with Gasteiger partial charge in [0.05, 0.1) is 21.8 Å². The van der Waals surface area contributed by atoms with Crippen LogP contribution in [0.3, 0.4) is 0 Å². The van der Waals surface area contributed by atoms with E-state index in [0.717, 1.165) is 23.0 Å². The van der Waals surface area contributed by atoms with Gasteiger partial charge in [0.15, 0.2) is 5.69 Å². The van der Waals surface area contributed by atoms with Crippen molar-refractivity contribution in [2.45, 2.75) is 37.8 Å². The summed E-state index contributed by atoms with van der Waals surface area (Å²) in [5.41, 5.74) is 4.71. The molecule has 1 unspecified atom stereocenters. The number of allylic oxidation sites excluding steroid dienone is 3. The number of halogens is 7. The van der Waals surface area contributed by atoms with E-state index in [1.807, 2.05) is 0 Å². The lowest BCUT2D eigenvalue weighted by Gasteiger charge is -2.23. The largest absolute Gasteiger partial charge is 0.436 e. The van der Waals surface area contributed by atoms with Crippen LogP contribution in [-0.2, 0) is 17.5 Å². The second kappa shape index (κ2) is 11.7. The fourth-order valence-corrected chi connectivity index (χ4v) is 4.78. The molecular formula is C26H20BrF6N5O2.